The predicted octanol–water partition coefficient (Wildman–Crippen LogP) is 1.29. The third-order valence-electron chi connectivity index (χ3n) is 3.48. The van der Waals surface area contributed by atoms with Gasteiger partial charge in [-0.1, -0.05) is 0 Å². The minimum absolute atomic E-state index is 0.0918. The molecule has 1 aliphatic heterocycles. The van der Waals surface area contributed by atoms with E-state index in [0.717, 1.165) is 36.3 Å². The molecule has 2 aromatic rings. The summed E-state index contributed by atoms with van der Waals surface area (Å²) < 4.78 is 11.4. The molecule has 7 heteroatoms. The Morgan fingerprint density at radius 1 is 1.30 bits per heavy atom. The van der Waals surface area contributed by atoms with E-state index in [1.807, 2.05) is 20.8 Å². The summed E-state index contributed by atoms with van der Waals surface area (Å²) in [5.41, 5.74) is 0.953. The van der Waals surface area contributed by atoms with Crippen LogP contribution in [0.3, 0.4) is 0 Å². The van der Waals surface area contributed by atoms with E-state index in [2.05, 4.69) is 25.1 Å². The van der Waals surface area contributed by atoms with Gasteiger partial charge in [-0.15, -0.1) is 0 Å². The molecule has 0 amide bonds. The van der Waals surface area contributed by atoms with Gasteiger partial charge in [0.25, 0.3) is 0 Å². The second kappa shape index (κ2) is 5.34. The van der Waals surface area contributed by atoms with E-state index in [9.17, 15) is 0 Å². The molecule has 1 aliphatic rings. The number of morpholine rings is 1. The van der Waals surface area contributed by atoms with Gasteiger partial charge in [-0.3, -0.25) is 10.00 Å². The number of aromatic amines is 1. The second-order valence-corrected chi connectivity index (χ2v) is 5.12. The summed E-state index contributed by atoms with van der Waals surface area (Å²) in [4.78, 5) is 11.0. The monoisotopic (exact) mass is 277 g/mol. The number of aryl methyl sites for hydroxylation is 3. The highest BCUT2D eigenvalue weighted by atomic mass is 16.5. The third-order valence-corrected chi connectivity index (χ3v) is 3.48. The molecule has 3 rings (SSSR count). The number of H-pyrrole nitrogens is 1. The fourth-order valence-electron chi connectivity index (χ4n) is 2.30. The largest absolute Gasteiger partial charge is 0.444 e. The fourth-order valence-corrected chi connectivity index (χ4v) is 2.30. The first kappa shape index (κ1) is 13.3. The lowest BCUT2D eigenvalue weighted by Gasteiger charge is -2.30. The average molecular weight is 277 g/mol. The lowest BCUT2D eigenvalue weighted by atomic mass is 10.2. The minimum atomic E-state index is -0.0918. The van der Waals surface area contributed by atoms with Gasteiger partial charge in [0.05, 0.1) is 18.8 Å². The Morgan fingerprint density at radius 3 is 2.80 bits per heavy atom. The molecule has 1 saturated heterocycles. The van der Waals surface area contributed by atoms with Crippen LogP contribution >= 0.6 is 0 Å². The Bertz CT molecular complexity index is 572. The maximum atomic E-state index is 5.74. The number of aromatic nitrogens is 4. The molecule has 0 radical (unpaired) electrons. The molecule has 3 heterocycles. The van der Waals surface area contributed by atoms with E-state index in [0.29, 0.717) is 19.0 Å². The van der Waals surface area contributed by atoms with Crippen LogP contribution in [0.2, 0.25) is 0 Å². The Labute approximate surface area is 117 Å². The van der Waals surface area contributed by atoms with Gasteiger partial charge in [0.15, 0.2) is 5.82 Å². The van der Waals surface area contributed by atoms with Gasteiger partial charge in [0, 0.05) is 13.1 Å². The molecule has 0 saturated carbocycles. The molecule has 1 atom stereocenters. The SMILES string of the molecule is Cc1nc([C@H]2CN(Cc3nc(C)c(C)o3)CCO2)n[nH]1. The first-order valence-electron chi connectivity index (χ1n) is 6.77. The Hall–Kier alpha value is -1.73. The van der Waals surface area contributed by atoms with Gasteiger partial charge in [-0.25, -0.2) is 9.97 Å². The van der Waals surface area contributed by atoms with E-state index in [1.165, 1.54) is 0 Å². The molecule has 7 nitrogen and oxygen atoms in total. The topological polar surface area (TPSA) is 80.1 Å². The number of ether oxygens (including phenoxy) is 1. The van der Waals surface area contributed by atoms with Crippen molar-refractivity contribution in [2.24, 2.45) is 0 Å². The highest BCUT2D eigenvalue weighted by molar-refractivity contribution is 5.05. The third kappa shape index (κ3) is 2.73. The molecular weight excluding hydrogens is 258 g/mol. The summed E-state index contributed by atoms with van der Waals surface area (Å²) in [6, 6.07) is 0. The van der Waals surface area contributed by atoms with Crippen molar-refractivity contribution < 1.29 is 9.15 Å². The standard InChI is InChI=1S/C13H19N5O2/c1-8-9(2)20-12(14-8)7-18-4-5-19-11(6-18)13-15-10(3)16-17-13/h11H,4-7H2,1-3H3,(H,15,16,17)/t11-/m1/s1. The summed E-state index contributed by atoms with van der Waals surface area (Å²) >= 11 is 0. The zero-order valence-electron chi connectivity index (χ0n) is 12.0. The molecule has 0 aliphatic carbocycles. The lowest BCUT2D eigenvalue weighted by Crippen LogP contribution is -2.38. The van der Waals surface area contributed by atoms with Crippen LogP contribution in [-0.2, 0) is 11.3 Å². The molecule has 1 N–H and O–H groups in total. The molecule has 0 unspecified atom stereocenters. The van der Waals surface area contributed by atoms with Crippen molar-refractivity contribution in [3.8, 4) is 0 Å². The smallest absolute Gasteiger partial charge is 0.208 e. The molecule has 1 fully saturated rings. The van der Waals surface area contributed by atoms with Crippen molar-refractivity contribution in [3.63, 3.8) is 0 Å². The zero-order valence-corrected chi connectivity index (χ0v) is 12.0. The number of oxazole rings is 1. The van der Waals surface area contributed by atoms with Crippen LogP contribution in [0.25, 0.3) is 0 Å². The quantitative estimate of drug-likeness (QED) is 0.910. The van der Waals surface area contributed by atoms with Gasteiger partial charge in [0.2, 0.25) is 5.89 Å². The fraction of sp³-hybridized carbons (Fsp3) is 0.615. The number of nitrogens with zero attached hydrogens (tertiary/aromatic N) is 4. The van der Waals surface area contributed by atoms with Crippen LogP contribution in [0.4, 0.5) is 0 Å². The number of rotatable bonds is 3. The van der Waals surface area contributed by atoms with Gasteiger partial charge in [0.1, 0.15) is 17.7 Å². The highest BCUT2D eigenvalue weighted by Gasteiger charge is 2.26. The summed E-state index contributed by atoms with van der Waals surface area (Å²) in [5, 5.41) is 7.02. The summed E-state index contributed by atoms with van der Waals surface area (Å²) in [6.45, 7) is 8.74. The second-order valence-electron chi connectivity index (χ2n) is 5.12. The highest BCUT2D eigenvalue weighted by Crippen LogP contribution is 2.21. The molecule has 2 aromatic heterocycles. The number of nitrogens with one attached hydrogen (secondary N) is 1. The Kier molecular flexibility index (Phi) is 3.54. The maximum absolute atomic E-state index is 5.74. The van der Waals surface area contributed by atoms with Gasteiger partial charge in [-0.2, -0.15) is 5.10 Å². The molecular formula is C13H19N5O2. The van der Waals surface area contributed by atoms with E-state index < -0.39 is 0 Å². The summed E-state index contributed by atoms with van der Waals surface area (Å²) in [7, 11) is 0. The van der Waals surface area contributed by atoms with Crippen LogP contribution in [-0.4, -0.2) is 44.8 Å². The predicted molar refractivity (Wildman–Crippen MR) is 71.1 cm³/mol. The van der Waals surface area contributed by atoms with E-state index in [4.69, 9.17) is 9.15 Å². The number of hydrogen-bond donors (Lipinski definition) is 1. The van der Waals surface area contributed by atoms with Crippen molar-refractivity contribution in [1.29, 1.82) is 0 Å². The van der Waals surface area contributed by atoms with Crippen molar-refractivity contribution in [2.45, 2.75) is 33.4 Å². The van der Waals surface area contributed by atoms with E-state index in [-0.39, 0.29) is 6.10 Å². The normalized spacial score (nSPS) is 20.4. The first-order chi connectivity index (χ1) is 9.61. The van der Waals surface area contributed by atoms with Crippen LogP contribution < -0.4 is 0 Å². The van der Waals surface area contributed by atoms with Crippen LogP contribution in [0.5, 0.6) is 0 Å². The van der Waals surface area contributed by atoms with Gasteiger partial charge < -0.3 is 9.15 Å². The van der Waals surface area contributed by atoms with Gasteiger partial charge in [-0.05, 0) is 20.8 Å². The van der Waals surface area contributed by atoms with Crippen LogP contribution in [0.15, 0.2) is 4.42 Å². The first-order valence-corrected chi connectivity index (χ1v) is 6.77. The summed E-state index contributed by atoms with van der Waals surface area (Å²) in [5.74, 6) is 3.16. The Balaban J connectivity index is 1.66. The molecule has 20 heavy (non-hydrogen) atoms. The zero-order chi connectivity index (χ0) is 14.1. The van der Waals surface area contributed by atoms with Crippen molar-refractivity contribution in [2.75, 3.05) is 19.7 Å². The summed E-state index contributed by atoms with van der Waals surface area (Å²) in [6.07, 6.45) is -0.0918. The maximum Gasteiger partial charge on any atom is 0.208 e. The molecule has 0 aromatic carbocycles. The van der Waals surface area contributed by atoms with Crippen LogP contribution in [0.1, 0.15) is 35.1 Å². The van der Waals surface area contributed by atoms with E-state index >= 15 is 0 Å². The van der Waals surface area contributed by atoms with Crippen molar-refractivity contribution >= 4 is 0 Å². The average Bonchev–Trinajstić information content (AvgIpc) is 2.97. The minimum Gasteiger partial charge on any atom is -0.444 e. The molecule has 108 valence electrons. The van der Waals surface area contributed by atoms with Crippen molar-refractivity contribution in [1.82, 2.24) is 25.1 Å². The number of hydrogen-bond acceptors (Lipinski definition) is 6. The van der Waals surface area contributed by atoms with Gasteiger partial charge >= 0.3 is 0 Å². The van der Waals surface area contributed by atoms with Crippen molar-refractivity contribution in [3.05, 3.63) is 29.0 Å². The lowest BCUT2D eigenvalue weighted by molar-refractivity contribution is -0.0392. The molecule has 0 spiro atoms. The van der Waals surface area contributed by atoms with Crippen LogP contribution in [0, 0.1) is 20.8 Å². The Morgan fingerprint density at radius 2 is 2.15 bits per heavy atom. The molecule has 0 bridgehead atoms. The van der Waals surface area contributed by atoms with E-state index in [1.54, 1.807) is 0 Å².